The second-order valence-corrected chi connectivity index (χ2v) is 9.47. The molecular formula is C23H19ClFN3O4S. The van der Waals surface area contributed by atoms with Gasteiger partial charge in [0.25, 0.3) is 15.9 Å². The average molecular weight is 488 g/mol. The molecule has 10 heteroatoms. The van der Waals surface area contributed by atoms with Crippen LogP contribution in [0.4, 0.5) is 21.5 Å². The van der Waals surface area contributed by atoms with Crippen molar-refractivity contribution in [1.29, 1.82) is 0 Å². The maximum Gasteiger partial charge on any atom is 0.261 e. The molecule has 0 saturated carbocycles. The number of para-hydroxylation sites is 1. The fourth-order valence-corrected chi connectivity index (χ4v) is 4.79. The highest BCUT2D eigenvalue weighted by Gasteiger charge is 2.24. The van der Waals surface area contributed by atoms with E-state index >= 15 is 0 Å². The van der Waals surface area contributed by atoms with Crippen LogP contribution in [0.1, 0.15) is 23.2 Å². The third-order valence-corrected chi connectivity index (χ3v) is 6.80. The molecule has 0 aliphatic carbocycles. The number of benzene rings is 3. The fraction of sp³-hybridized carbons (Fsp3) is 0.130. The minimum atomic E-state index is -4.03. The molecule has 4 rings (SSSR count). The lowest BCUT2D eigenvalue weighted by molar-refractivity contribution is -0.117. The van der Waals surface area contributed by atoms with Crippen LogP contribution in [-0.4, -0.2) is 26.8 Å². The van der Waals surface area contributed by atoms with Crippen molar-refractivity contribution < 1.29 is 22.4 Å². The highest BCUT2D eigenvalue weighted by atomic mass is 35.5. The van der Waals surface area contributed by atoms with Crippen molar-refractivity contribution in [3.63, 3.8) is 0 Å². The molecule has 170 valence electrons. The molecular weight excluding hydrogens is 469 g/mol. The molecule has 3 aromatic carbocycles. The summed E-state index contributed by atoms with van der Waals surface area (Å²) in [6.07, 6.45) is 1.26. The summed E-state index contributed by atoms with van der Waals surface area (Å²) in [5.74, 6) is -1.16. The van der Waals surface area contributed by atoms with Gasteiger partial charge >= 0.3 is 0 Å². The Balaban J connectivity index is 1.46. The SMILES string of the molecule is O=C(Nc1ccc(N2CCCC2=O)c(Cl)c1)c1ccc(S(=O)(=O)Nc2ccccc2F)cc1. The molecule has 0 aromatic heterocycles. The van der Waals surface area contributed by atoms with Crippen molar-refractivity contribution in [2.45, 2.75) is 17.7 Å². The Labute approximate surface area is 195 Å². The van der Waals surface area contributed by atoms with Crippen LogP contribution in [0.3, 0.4) is 0 Å². The van der Waals surface area contributed by atoms with Gasteiger partial charge in [-0.1, -0.05) is 23.7 Å². The summed E-state index contributed by atoms with van der Waals surface area (Å²) in [4.78, 5) is 26.0. The molecule has 3 aromatic rings. The maximum atomic E-state index is 13.8. The zero-order chi connectivity index (χ0) is 23.6. The molecule has 0 atom stereocenters. The average Bonchev–Trinajstić information content (AvgIpc) is 3.21. The molecule has 1 saturated heterocycles. The number of rotatable bonds is 6. The van der Waals surface area contributed by atoms with Gasteiger partial charge in [0.2, 0.25) is 5.91 Å². The van der Waals surface area contributed by atoms with E-state index in [1.54, 1.807) is 23.1 Å². The van der Waals surface area contributed by atoms with E-state index in [4.69, 9.17) is 11.6 Å². The number of hydrogen-bond donors (Lipinski definition) is 2. The molecule has 0 spiro atoms. The van der Waals surface area contributed by atoms with Crippen LogP contribution in [0.2, 0.25) is 5.02 Å². The summed E-state index contributed by atoms with van der Waals surface area (Å²) in [5.41, 5.74) is 1.07. The molecule has 7 nitrogen and oxygen atoms in total. The van der Waals surface area contributed by atoms with Gasteiger partial charge in [0, 0.05) is 24.2 Å². The normalized spacial score (nSPS) is 13.8. The molecule has 1 aliphatic rings. The minimum Gasteiger partial charge on any atom is -0.322 e. The number of hydrogen-bond acceptors (Lipinski definition) is 4. The molecule has 1 aliphatic heterocycles. The Kier molecular flexibility index (Phi) is 6.35. The van der Waals surface area contributed by atoms with E-state index in [2.05, 4.69) is 10.0 Å². The first-order valence-corrected chi connectivity index (χ1v) is 11.9. The Morgan fingerprint density at radius 1 is 1.03 bits per heavy atom. The van der Waals surface area contributed by atoms with E-state index in [0.29, 0.717) is 29.4 Å². The van der Waals surface area contributed by atoms with Gasteiger partial charge in [0.15, 0.2) is 0 Å². The van der Waals surface area contributed by atoms with Crippen molar-refractivity contribution in [3.05, 3.63) is 83.1 Å². The highest BCUT2D eigenvalue weighted by Crippen LogP contribution is 2.32. The first-order chi connectivity index (χ1) is 15.7. The summed E-state index contributed by atoms with van der Waals surface area (Å²) in [5, 5.41) is 3.03. The standard InChI is InChI=1S/C23H19ClFN3O4S/c24-18-14-16(9-12-21(18)28-13-3-6-22(28)29)26-23(30)15-7-10-17(11-8-15)33(31,32)27-20-5-2-1-4-19(20)25/h1-2,4-5,7-12,14,27H,3,6,13H2,(H,26,30). The molecule has 2 N–H and O–H groups in total. The lowest BCUT2D eigenvalue weighted by Crippen LogP contribution is -2.24. The number of nitrogens with one attached hydrogen (secondary N) is 2. The van der Waals surface area contributed by atoms with E-state index in [1.807, 2.05) is 0 Å². The van der Waals surface area contributed by atoms with Crippen LogP contribution in [0.25, 0.3) is 0 Å². The van der Waals surface area contributed by atoms with Gasteiger partial charge in [-0.15, -0.1) is 0 Å². The van der Waals surface area contributed by atoms with E-state index in [1.165, 1.54) is 42.5 Å². The lowest BCUT2D eigenvalue weighted by Gasteiger charge is -2.18. The first kappa shape index (κ1) is 22.8. The van der Waals surface area contributed by atoms with Gasteiger partial charge in [0.05, 0.1) is 21.3 Å². The van der Waals surface area contributed by atoms with Crippen LogP contribution in [0, 0.1) is 5.82 Å². The van der Waals surface area contributed by atoms with Crippen molar-refractivity contribution >= 4 is 50.5 Å². The molecule has 0 radical (unpaired) electrons. The summed E-state index contributed by atoms with van der Waals surface area (Å²) < 4.78 is 41.0. The predicted octanol–water partition coefficient (Wildman–Crippen LogP) is 4.66. The summed E-state index contributed by atoms with van der Waals surface area (Å²) in [6.45, 7) is 0.602. The van der Waals surface area contributed by atoms with E-state index < -0.39 is 21.7 Å². The minimum absolute atomic E-state index is 0.00761. The number of amides is 2. The van der Waals surface area contributed by atoms with Crippen molar-refractivity contribution in [1.82, 2.24) is 0 Å². The third kappa shape index (κ3) is 4.99. The maximum absolute atomic E-state index is 13.8. The lowest BCUT2D eigenvalue weighted by atomic mass is 10.2. The first-order valence-electron chi connectivity index (χ1n) is 10.0. The number of carbonyl (C=O) groups excluding carboxylic acids is 2. The summed E-state index contributed by atoms with van der Waals surface area (Å²) in [7, 11) is -4.03. The Morgan fingerprint density at radius 2 is 1.76 bits per heavy atom. The van der Waals surface area contributed by atoms with Crippen LogP contribution in [0.15, 0.2) is 71.6 Å². The van der Waals surface area contributed by atoms with E-state index in [0.717, 1.165) is 12.5 Å². The van der Waals surface area contributed by atoms with Crippen LogP contribution in [0.5, 0.6) is 0 Å². The smallest absolute Gasteiger partial charge is 0.261 e. The van der Waals surface area contributed by atoms with Crippen molar-refractivity contribution in [3.8, 4) is 0 Å². The second-order valence-electron chi connectivity index (χ2n) is 7.38. The van der Waals surface area contributed by atoms with Crippen molar-refractivity contribution in [2.75, 3.05) is 21.5 Å². The number of nitrogens with zero attached hydrogens (tertiary/aromatic N) is 1. The summed E-state index contributed by atoms with van der Waals surface area (Å²) >= 11 is 6.31. The number of anilines is 3. The monoisotopic (exact) mass is 487 g/mol. The molecule has 0 unspecified atom stereocenters. The largest absolute Gasteiger partial charge is 0.322 e. The number of halogens is 2. The van der Waals surface area contributed by atoms with Gasteiger partial charge in [-0.05, 0) is 61.0 Å². The Bertz CT molecular complexity index is 1330. The Morgan fingerprint density at radius 3 is 2.39 bits per heavy atom. The second kappa shape index (κ2) is 9.21. The van der Waals surface area contributed by atoms with Gasteiger partial charge in [-0.25, -0.2) is 12.8 Å². The molecule has 2 amide bonds. The van der Waals surface area contributed by atoms with Crippen LogP contribution < -0.4 is 14.9 Å². The quantitative estimate of drug-likeness (QED) is 0.528. The van der Waals surface area contributed by atoms with Gasteiger partial charge in [0.1, 0.15) is 5.82 Å². The molecule has 0 bridgehead atoms. The zero-order valence-corrected chi connectivity index (χ0v) is 18.8. The molecule has 33 heavy (non-hydrogen) atoms. The van der Waals surface area contributed by atoms with E-state index in [9.17, 15) is 22.4 Å². The number of carbonyl (C=O) groups is 2. The van der Waals surface area contributed by atoms with Gasteiger partial charge in [-0.3, -0.25) is 14.3 Å². The fourth-order valence-electron chi connectivity index (χ4n) is 3.44. The number of sulfonamides is 1. The predicted molar refractivity (Wildman–Crippen MR) is 125 cm³/mol. The summed E-state index contributed by atoms with van der Waals surface area (Å²) in [6, 6.07) is 15.5. The highest BCUT2D eigenvalue weighted by molar-refractivity contribution is 7.92. The molecule has 1 heterocycles. The van der Waals surface area contributed by atoms with Crippen molar-refractivity contribution in [2.24, 2.45) is 0 Å². The topological polar surface area (TPSA) is 95.6 Å². The van der Waals surface area contributed by atoms with Gasteiger partial charge in [-0.2, -0.15) is 0 Å². The zero-order valence-electron chi connectivity index (χ0n) is 17.2. The molecule has 1 fully saturated rings. The Hall–Kier alpha value is -3.43. The third-order valence-electron chi connectivity index (χ3n) is 5.11. The van der Waals surface area contributed by atoms with Crippen LogP contribution in [-0.2, 0) is 14.8 Å². The van der Waals surface area contributed by atoms with Gasteiger partial charge < -0.3 is 10.2 Å². The van der Waals surface area contributed by atoms with E-state index in [-0.39, 0.29) is 22.1 Å². The van der Waals surface area contributed by atoms with Crippen LogP contribution >= 0.6 is 11.6 Å².